The summed E-state index contributed by atoms with van der Waals surface area (Å²) in [6, 6.07) is 15.3. The van der Waals surface area contributed by atoms with Crippen molar-refractivity contribution in [3.63, 3.8) is 0 Å². The fourth-order valence-corrected chi connectivity index (χ4v) is 2.42. The summed E-state index contributed by atoms with van der Waals surface area (Å²) >= 11 is 6.00. The van der Waals surface area contributed by atoms with Gasteiger partial charge in [-0.15, -0.1) is 0 Å². The van der Waals surface area contributed by atoms with E-state index in [-0.39, 0.29) is 11.8 Å². The number of halogens is 1. The van der Waals surface area contributed by atoms with Crippen molar-refractivity contribution in [2.45, 2.75) is 26.3 Å². The van der Waals surface area contributed by atoms with Crippen LogP contribution in [0, 0.1) is 0 Å². The molecule has 0 saturated heterocycles. The summed E-state index contributed by atoms with van der Waals surface area (Å²) in [6.45, 7) is 5.57. The smallest absolute Gasteiger partial charge is 0.231 e. The zero-order chi connectivity index (χ0) is 15.9. The Morgan fingerprint density at radius 3 is 2.68 bits per heavy atom. The van der Waals surface area contributed by atoms with Gasteiger partial charge in [0, 0.05) is 17.3 Å². The Morgan fingerprint density at radius 1 is 1.18 bits per heavy atom. The molecule has 1 amide bonds. The van der Waals surface area contributed by atoms with Gasteiger partial charge in [0.15, 0.2) is 0 Å². The third-order valence-electron chi connectivity index (χ3n) is 3.58. The number of hydrogen-bond donors (Lipinski definition) is 2. The van der Waals surface area contributed by atoms with Gasteiger partial charge in [0.2, 0.25) is 5.91 Å². The molecular weight excluding hydrogens is 296 g/mol. The highest BCUT2D eigenvalue weighted by Gasteiger charge is 2.16. The Morgan fingerprint density at radius 2 is 1.95 bits per heavy atom. The lowest BCUT2D eigenvalue weighted by Gasteiger charge is -2.15. The molecule has 3 nitrogen and oxygen atoms in total. The van der Waals surface area contributed by atoms with Crippen molar-refractivity contribution in [2.24, 2.45) is 0 Å². The van der Waals surface area contributed by atoms with Gasteiger partial charge in [-0.05, 0) is 42.8 Å². The summed E-state index contributed by atoms with van der Waals surface area (Å²) in [4.78, 5) is 12.5. The van der Waals surface area contributed by atoms with E-state index in [9.17, 15) is 4.79 Å². The van der Waals surface area contributed by atoms with E-state index in [4.69, 9.17) is 11.6 Å². The zero-order valence-electron chi connectivity index (χ0n) is 12.9. The minimum absolute atomic E-state index is 0.0359. The van der Waals surface area contributed by atoms with Gasteiger partial charge in [0.25, 0.3) is 0 Å². The van der Waals surface area contributed by atoms with E-state index in [1.807, 2.05) is 49.4 Å². The molecule has 0 fully saturated rings. The monoisotopic (exact) mass is 316 g/mol. The number of anilines is 1. The number of nitrogens with one attached hydrogen (secondary N) is 2. The molecule has 1 atom stereocenters. The molecule has 1 unspecified atom stereocenters. The van der Waals surface area contributed by atoms with Gasteiger partial charge in [0.05, 0.1) is 5.92 Å². The highest BCUT2D eigenvalue weighted by molar-refractivity contribution is 6.30. The van der Waals surface area contributed by atoms with Crippen molar-refractivity contribution in [3.8, 4) is 0 Å². The first-order valence-electron chi connectivity index (χ1n) is 7.46. The molecule has 0 aromatic heterocycles. The van der Waals surface area contributed by atoms with E-state index in [2.05, 4.69) is 17.6 Å². The molecule has 0 aliphatic heterocycles. The Kier molecular flexibility index (Phi) is 5.99. The molecule has 0 bridgehead atoms. The lowest BCUT2D eigenvalue weighted by Crippen LogP contribution is -2.21. The van der Waals surface area contributed by atoms with Crippen molar-refractivity contribution in [2.75, 3.05) is 11.9 Å². The standard InChI is InChI=1S/C18H21ClN2O/c1-3-20-12-15-7-4-5-10-17(15)21-18(22)13(2)14-8-6-9-16(19)11-14/h4-11,13,20H,3,12H2,1-2H3,(H,21,22). The van der Waals surface area contributed by atoms with Gasteiger partial charge in [0.1, 0.15) is 0 Å². The maximum Gasteiger partial charge on any atom is 0.231 e. The van der Waals surface area contributed by atoms with Crippen molar-refractivity contribution < 1.29 is 4.79 Å². The Balaban J connectivity index is 2.11. The maximum atomic E-state index is 12.5. The van der Waals surface area contributed by atoms with Crippen LogP contribution in [-0.2, 0) is 11.3 Å². The molecule has 0 aliphatic carbocycles. The van der Waals surface area contributed by atoms with Crippen LogP contribution in [0.25, 0.3) is 0 Å². The first kappa shape index (κ1) is 16.5. The lowest BCUT2D eigenvalue weighted by molar-refractivity contribution is -0.117. The second kappa shape index (κ2) is 7.97. The second-order valence-electron chi connectivity index (χ2n) is 5.20. The molecule has 0 aliphatic rings. The predicted octanol–water partition coefficient (Wildman–Crippen LogP) is 4.19. The zero-order valence-corrected chi connectivity index (χ0v) is 13.7. The van der Waals surface area contributed by atoms with Crippen molar-refractivity contribution in [1.29, 1.82) is 0 Å². The van der Waals surface area contributed by atoms with Gasteiger partial charge < -0.3 is 10.6 Å². The molecule has 0 heterocycles. The summed E-state index contributed by atoms with van der Waals surface area (Å²) in [5.74, 6) is -0.294. The number of para-hydroxylation sites is 1. The van der Waals surface area contributed by atoms with Crippen LogP contribution in [0.15, 0.2) is 48.5 Å². The van der Waals surface area contributed by atoms with Crippen LogP contribution in [0.3, 0.4) is 0 Å². The van der Waals surface area contributed by atoms with E-state index in [0.29, 0.717) is 5.02 Å². The minimum atomic E-state index is -0.258. The summed E-state index contributed by atoms with van der Waals surface area (Å²) in [5, 5.41) is 6.94. The van der Waals surface area contributed by atoms with E-state index in [0.717, 1.165) is 29.9 Å². The normalized spacial score (nSPS) is 12.0. The SMILES string of the molecule is CCNCc1ccccc1NC(=O)C(C)c1cccc(Cl)c1. The first-order valence-corrected chi connectivity index (χ1v) is 7.84. The van der Waals surface area contributed by atoms with Crippen LogP contribution in [0.2, 0.25) is 5.02 Å². The highest BCUT2D eigenvalue weighted by atomic mass is 35.5. The number of carbonyl (C=O) groups excluding carboxylic acids is 1. The van der Waals surface area contributed by atoms with E-state index in [1.54, 1.807) is 6.07 Å². The molecule has 0 saturated carbocycles. The molecule has 2 rings (SSSR count). The van der Waals surface area contributed by atoms with E-state index >= 15 is 0 Å². The van der Waals surface area contributed by atoms with Crippen LogP contribution in [0.1, 0.15) is 30.9 Å². The van der Waals surface area contributed by atoms with Crippen molar-refractivity contribution in [3.05, 3.63) is 64.7 Å². The Labute approximate surface area is 136 Å². The van der Waals surface area contributed by atoms with E-state index in [1.165, 1.54) is 0 Å². The Hall–Kier alpha value is -1.84. The highest BCUT2D eigenvalue weighted by Crippen LogP contribution is 2.22. The summed E-state index contributed by atoms with van der Waals surface area (Å²) in [6.07, 6.45) is 0. The average molecular weight is 317 g/mol. The molecule has 0 spiro atoms. The fraction of sp³-hybridized carbons (Fsp3) is 0.278. The summed E-state index contributed by atoms with van der Waals surface area (Å²) < 4.78 is 0. The van der Waals surface area contributed by atoms with Gasteiger partial charge in [-0.1, -0.05) is 48.9 Å². The number of carbonyl (C=O) groups is 1. The lowest BCUT2D eigenvalue weighted by atomic mass is 10.00. The van der Waals surface area contributed by atoms with Gasteiger partial charge in [-0.3, -0.25) is 4.79 Å². The number of amides is 1. The van der Waals surface area contributed by atoms with Crippen LogP contribution < -0.4 is 10.6 Å². The van der Waals surface area contributed by atoms with E-state index < -0.39 is 0 Å². The fourth-order valence-electron chi connectivity index (χ4n) is 2.22. The van der Waals surface area contributed by atoms with Crippen LogP contribution in [-0.4, -0.2) is 12.5 Å². The first-order chi connectivity index (χ1) is 10.6. The molecule has 0 radical (unpaired) electrons. The van der Waals surface area contributed by atoms with Crippen molar-refractivity contribution >= 4 is 23.2 Å². The van der Waals surface area contributed by atoms with Crippen LogP contribution >= 0.6 is 11.6 Å². The van der Waals surface area contributed by atoms with Gasteiger partial charge in [-0.2, -0.15) is 0 Å². The molecule has 2 aromatic rings. The predicted molar refractivity (Wildman–Crippen MR) is 92.3 cm³/mol. The van der Waals surface area contributed by atoms with Crippen LogP contribution in [0.5, 0.6) is 0 Å². The third kappa shape index (κ3) is 4.33. The Bertz CT molecular complexity index is 642. The maximum absolute atomic E-state index is 12.5. The largest absolute Gasteiger partial charge is 0.325 e. The van der Waals surface area contributed by atoms with Gasteiger partial charge >= 0.3 is 0 Å². The van der Waals surface area contributed by atoms with Crippen LogP contribution in [0.4, 0.5) is 5.69 Å². The number of benzene rings is 2. The average Bonchev–Trinajstić information content (AvgIpc) is 2.53. The molecule has 22 heavy (non-hydrogen) atoms. The molecule has 116 valence electrons. The summed E-state index contributed by atoms with van der Waals surface area (Å²) in [5.41, 5.74) is 2.84. The molecule has 2 aromatic carbocycles. The second-order valence-corrected chi connectivity index (χ2v) is 5.64. The van der Waals surface area contributed by atoms with Crippen molar-refractivity contribution in [1.82, 2.24) is 5.32 Å². The number of hydrogen-bond acceptors (Lipinski definition) is 2. The molecule has 2 N–H and O–H groups in total. The third-order valence-corrected chi connectivity index (χ3v) is 3.82. The minimum Gasteiger partial charge on any atom is -0.325 e. The molecule has 4 heteroatoms. The van der Waals surface area contributed by atoms with Gasteiger partial charge in [-0.25, -0.2) is 0 Å². The number of rotatable bonds is 6. The molecular formula is C18H21ClN2O. The quantitative estimate of drug-likeness (QED) is 0.839. The topological polar surface area (TPSA) is 41.1 Å². The summed E-state index contributed by atoms with van der Waals surface area (Å²) in [7, 11) is 0.